The molecular weight excluding hydrogens is 543 g/mol. The second kappa shape index (κ2) is 10.9. The number of hydrogen-bond donors (Lipinski definition) is 1. The number of carbonyl (C=O) groups excluding carboxylic acids is 3. The molecule has 1 aliphatic rings. The normalized spacial score (nSPS) is 14.4. The van der Waals surface area contributed by atoms with E-state index in [0.717, 1.165) is 22.3 Å². The van der Waals surface area contributed by atoms with Crippen LogP contribution in [0.4, 0.5) is 0 Å². The largest absolute Gasteiger partial charge is 0.462 e. The van der Waals surface area contributed by atoms with Crippen LogP contribution in [0.3, 0.4) is 0 Å². The Morgan fingerprint density at radius 2 is 1.89 bits per heavy atom. The first kappa shape index (κ1) is 26.0. The van der Waals surface area contributed by atoms with Crippen LogP contribution in [0.1, 0.15) is 39.0 Å². The molecule has 11 heteroatoms. The number of nitrogens with zero attached hydrogens (tertiary/aromatic N) is 1. The monoisotopic (exact) mass is 560 g/mol. The van der Waals surface area contributed by atoms with E-state index >= 15 is 0 Å². The molecule has 3 aromatic rings. The van der Waals surface area contributed by atoms with Gasteiger partial charge in [0.25, 0.3) is 11.8 Å². The maximum absolute atomic E-state index is 12.9. The van der Waals surface area contributed by atoms with Crippen molar-refractivity contribution in [2.75, 3.05) is 6.61 Å². The minimum absolute atomic E-state index is 0.159. The van der Waals surface area contributed by atoms with Crippen molar-refractivity contribution in [1.82, 2.24) is 10.4 Å². The van der Waals surface area contributed by atoms with Crippen molar-refractivity contribution in [3.8, 4) is 11.3 Å². The molecule has 0 bridgehead atoms. The van der Waals surface area contributed by atoms with Gasteiger partial charge in [-0.3, -0.25) is 15.0 Å². The van der Waals surface area contributed by atoms with Gasteiger partial charge in [0, 0.05) is 11.6 Å². The number of furan rings is 1. The van der Waals surface area contributed by atoms with Gasteiger partial charge in [-0.15, -0.1) is 0 Å². The van der Waals surface area contributed by atoms with Crippen LogP contribution < -0.4 is 5.43 Å². The number of carbonyl (C=O) groups is 3. The van der Waals surface area contributed by atoms with Crippen LogP contribution in [-0.4, -0.2) is 33.7 Å². The lowest BCUT2D eigenvalue weighted by Gasteiger charge is -2.16. The molecule has 0 unspecified atom stereocenters. The Labute approximate surface area is 226 Å². The summed E-state index contributed by atoms with van der Waals surface area (Å²) in [6, 6.07) is 13.2. The Morgan fingerprint density at radius 3 is 2.61 bits per heavy atom. The third-order valence-corrected chi connectivity index (χ3v) is 6.97. The summed E-state index contributed by atoms with van der Waals surface area (Å²) in [4.78, 5) is 38.0. The summed E-state index contributed by atoms with van der Waals surface area (Å²) in [5, 5.41) is 1.53. The van der Waals surface area contributed by atoms with E-state index in [9.17, 15) is 14.4 Å². The second-order valence-electron chi connectivity index (χ2n) is 7.56. The van der Waals surface area contributed by atoms with Crippen LogP contribution in [0.2, 0.25) is 10.0 Å². The standard InChI is InChI=1S/C25H18Cl2N2O5S2/c1-3-33-24(32)17-11-14(5-8-18(17)26)20-9-6-15(34-20)12-21-23(31)29(25(35)36-21)28-22(30)16-7-4-13(2)10-19(16)27/h4-12H,3H2,1-2H3,(H,28,30)/b21-12+. The van der Waals surface area contributed by atoms with Crippen molar-refractivity contribution in [1.29, 1.82) is 0 Å². The number of thiocarbonyl (C=S) groups is 1. The van der Waals surface area contributed by atoms with E-state index in [1.54, 1.807) is 55.5 Å². The molecule has 2 amide bonds. The van der Waals surface area contributed by atoms with Gasteiger partial charge in [-0.25, -0.2) is 4.79 Å². The molecule has 184 valence electrons. The van der Waals surface area contributed by atoms with Crippen molar-refractivity contribution in [3.05, 3.63) is 85.9 Å². The van der Waals surface area contributed by atoms with Crippen LogP contribution in [0.25, 0.3) is 17.4 Å². The molecule has 1 fully saturated rings. The number of ether oxygens (including phenoxy) is 1. The van der Waals surface area contributed by atoms with Crippen molar-refractivity contribution < 1.29 is 23.5 Å². The fraction of sp³-hybridized carbons (Fsp3) is 0.120. The molecule has 0 atom stereocenters. The van der Waals surface area contributed by atoms with Gasteiger partial charge in [-0.1, -0.05) is 41.0 Å². The first-order chi connectivity index (χ1) is 17.2. The molecule has 1 N–H and O–H groups in total. The van der Waals surface area contributed by atoms with Gasteiger partial charge in [-0.2, -0.15) is 5.01 Å². The van der Waals surface area contributed by atoms with E-state index in [2.05, 4.69) is 5.43 Å². The summed E-state index contributed by atoms with van der Waals surface area (Å²) in [5.74, 6) is -0.755. The fourth-order valence-electron chi connectivity index (χ4n) is 3.29. The van der Waals surface area contributed by atoms with E-state index in [1.807, 2.05) is 6.92 Å². The minimum Gasteiger partial charge on any atom is -0.462 e. The van der Waals surface area contributed by atoms with Gasteiger partial charge >= 0.3 is 5.97 Å². The molecule has 0 radical (unpaired) electrons. The highest BCUT2D eigenvalue weighted by molar-refractivity contribution is 8.26. The van der Waals surface area contributed by atoms with Crippen molar-refractivity contribution in [2.45, 2.75) is 13.8 Å². The smallest absolute Gasteiger partial charge is 0.339 e. The molecule has 1 aliphatic heterocycles. The number of thioether (sulfide) groups is 1. The number of amides is 2. The number of hydrogen-bond acceptors (Lipinski definition) is 7. The summed E-state index contributed by atoms with van der Waals surface area (Å²) in [7, 11) is 0. The number of hydrazine groups is 1. The Morgan fingerprint density at radius 1 is 1.11 bits per heavy atom. The lowest BCUT2D eigenvalue weighted by Crippen LogP contribution is -2.44. The van der Waals surface area contributed by atoms with E-state index in [-0.39, 0.29) is 37.0 Å². The highest BCUT2D eigenvalue weighted by Gasteiger charge is 2.34. The predicted molar refractivity (Wildman–Crippen MR) is 144 cm³/mol. The van der Waals surface area contributed by atoms with E-state index in [4.69, 9.17) is 44.6 Å². The van der Waals surface area contributed by atoms with Gasteiger partial charge < -0.3 is 9.15 Å². The summed E-state index contributed by atoms with van der Waals surface area (Å²) in [6.45, 7) is 3.79. The lowest BCUT2D eigenvalue weighted by atomic mass is 10.1. The quantitative estimate of drug-likeness (QED) is 0.215. The van der Waals surface area contributed by atoms with Gasteiger partial charge in [0.05, 0.1) is 32.7 Å². The second-order valence-corrected chi connectivity index (χ2v) is 10.0. The average molecular weight is 561 g/mol. The van der Waals surface area contributed by atoms with Gasteiger partial charge in [0.2, 0.25) is 0 Å². The molecule has 2 heterocycles. The SMILES string of the molecule is CCOC(=O)c1cc(-c2ccc(/C=C3/SC(=S)N(NC(=O)c4ccc(C)cc4Cl)C3=O)o2)ccc1Cl. The van der Waals surface area contributed by atoms with E-state index in [1.165, 1.54) is 6.08 Å². The van der Waals surface area contributed by atoms with Crippen LogP contribution >= 0.6 is 47.2 Å². The van der Waals surface area contributed by atoms with Gasteiger partial charge in [0.15, 0.2) is 4.32 Å². The summed E-state index contributed by atoms with van der Waals surface area (Å²) in [6.07, 6.45) is 1.52. The predicted octanol–water partition coefficient (Wildman–Crippen LogP) is 6.28. The van der Waals surface area contributed by atoms with Gasteiger partial charge in [-0.05, 0) is 74.1 Å². The van der Waals surface area contributed by atoms with Gasteiger partial charge in [0.1, 0.15) is 11.5 Å². The third-order valence-electron chi connectivity index (χ3n) is 5.02. The van der Waals surface area contributed by atoms with Crippen LogP contribution in [0.5, 0.6) is 0 Å². The molecule has 2 aromatic carbocycles. The number of rotatable bonds is 6. The lowest BCUT2D eigenvalue weighted by molar-refractivity contribution is -0.123. The fourth-order valence-corrected chi connectivity index (χ4v) is 4.96. The molecule has 1 saturated heterocycles. The van der Waals surface area contributed by atoms with E-state index < -0.39 is 17.8 Å². The zero-order chi connectivity index (χ0) is 26.0. The highest BCUT2D eigenvalue weighted by atomic mass is 35.5. The summed E-state index contributed by atoms with van der Waals surface area (Å²) < 4.78 is 11.1. The highest BCUT2D eigenvalue weighted by Crippen LogP contribution is 2.33. The topological polar surface area (TPSA) is 88.9 Å². The molecule has 1 aromatic heterocycles. The van der Waals surface area contributed by atoms with Crippen molar-refractivity contribution in [3.63, 3.8) is 0 Å². The first-order valence-corrected chi connectivity index (χ1v) is 12.6. The third kappa shape index (κ3) is 5.49. The Bertz CT molecular complexity index is 1430. The maximum atomic E-state index is 12.9. The number of esters is 1. The Kier molecular flexibility index (Phi) is 7.85. The van der Waals surface area contributed by atoms with Crippen molar-refractivity contribution >= 4 is 75.4 Å². The maximum Gasteiger partial charge on any atom is 0.339 e. The zero-order valence-corrected chi connectivity index (χ0v) is 22.1. The Hall–Kier alpha value is -3.11. The molecule has 36 heavy (non-hydrogen) atoms. The number of halogens is 2. The Balaban J connectivity index is 1.52. The molecule has 0 saturated carbocycles. The number of nitrogens with one attached hydrogen (secondary N) is 1. The zero-order valence-electron chi connectivity index (χ0n) is 19.0. The summed E-state index contributed by atoms with van der Waals surface area (Å²) in [5.41, 5.74) is 4.46. The van der Waals surface area contributed by atoms with Crippen LogP contribution in [0.15, 0.2) is 57.9 Å². The minimum atomic E-state index is -0.557. The molecular formula is C25H18Cl2N2O5S2. The van der Waals surface area contributed by atoms with Crippen molar-refractivity contribution in [2.24, 2.45) is 0 Å². The molecule has 7 nitrogen and oxygen atoms in total. The van der Waals surface area contributed by atoms with Crippen LogP contribution in [-0.2, 0) is 9.53 Å². The molecule has 0 spiro atoms. The number of aryl methyl sites for hydroxylation is 1. The average Bonchev–Trinajstić information content (AvgIpc) is 3.39. The number of benzene rings is 2. The summed E-state index contributed by atoms with van der Waals surface area (Å²) >= 11 is 18.6. The molecule has 4 rings (SSSR count). The van der Waals surface area contributed by atoms with E-state index in [0.29, 0.717) is 17.1 Å². The first-order valence-electron chi connectivity index (χ1n) is 10.6. The molecule has 0 aliphatic carbocycles. The van der Waals surface area contributed by atoms with Crippen LogP contribution in [0, 0.1) is 6.92 Å².